The minimum Gasteiger partial charge on any atom is -0.479 e. The molecule has 104 valence electrons. The van der Waals surface area contributed by atoms with Gasteiger partial charge in [-0.15, -0.1) is 0 Å². The van der Waals surface area contributed by atoms with E-state index in [9.17, 15) is 9.59 Å². The maximum Gasteiger partial charge on any atom is 0.337 e. The van der Waals surface area contributed by atoms with Crippen molar-refractivity contribution in [3.05, 3.63) is 24.0 Å². The van der Waals surface area contributed by atoms with Crippen LogP contribution >= 0.6 is 0 Å². The van der Waals surface area contributed by atoms with Crippen molar-refractivity contribution in [2.75, 3.05) is 0 Å². The highest BCUT2D eigenvalue weighted by Gasteiger charge is 2.17. The van der Waals surface area contributed by atoms with Gasteiger partial charge in [0.05, 0.1) is 11.8 Å². The number of aromatic carboxylic acids is 1. The highest BCUT2D eigenvalue weighted by atomic mass is 16.5. The van der Waals surface area contributed by atoms with Crippen molar-refractivity contribution in [1.82, 2.24) is 10.3 Å². The van der Waals surface area contributed by atoms with Crippen molar-refractivity contribution in [2.24, 2.45) is 0 Å². The summed E-state index contributed by atoms with van der Waals surface area (Å²) in [4.78, 5) is 26.3. The number of hydrogen-bond acceptors (Lipinski definition) is 4. The third kappa shape index (κ3) is 4.57. The minimum absolute atomic E-state index is 0.0204. The zero-order valence-corrected chi connectivity index (χ0v) is 11.2. The molecule has 6 heteroatoms. The molecule has 0 aliphatic rings. The molecular formula is C13H18N2O4. The number of ether oxygens (including phenoxy) is 1. The Hall–Kier alpha value is -2.11. The molecule has 0 bridgehead atoms. The Balaban J connectivity index is 2.66. The van der Waals surface area contributed by atoms with Gasteiger partial charge in [0.15, 0.2) is 6.10 Å². The maximum absolute atomic E-state index is 11.8. The van der Waals surface area contributed by atoms with Crippen LogP contribution in [0.4, 0.5) is 0 Å². The monoisotopic (exact) mass is 266 g/mol. The number of rotatable bonds is 6. The van der Waals surface area contributed by atoms with Crippen LogP contribution < -0.4 is 10.1 Å². The molecule has 0 saturated heterocycles. The number of aromatic nitrogens is 1. The number of carboxylic acids is 1. The van der Waals surface area contributed by atoms with Crippen molar-refractivity contribution in [1.29, 1.82) is 0 Å². The van der Waals surface area contributed by atoms with Crippen LogP contribution in [-0.4, -0.2) is 34.1 Å². The summed E-state index contributed by atoms with van der Waals surface area (Å²) in [6.45, 7) is 5.47. The Morgan fingerprint density at radius 3 is 2.68 bits per heavy atom. The average Bonchev–Trinajstić information content (AvgIpc) is 2.38. The summed E-state index contributed by atoms with van der Waals surface area (Å²) in [6, 6.07) is 1.41. The molecule has 2 atom stereocenters. The molecule has 1 amide bonds. The fourth-order valence-corrected chi connectivity index (χ4v) is 1.32. The summed E-state index contributed by atoms with van der Waals surface area (Å²) >= 11 is 0. The lowest BCUT2D eigenvalue weighted by Gasteiger charge is -2.17. The predicted octanol–water partition coefficient (Wildman–Crippen LogP) is 1.46. The van der Waals surface area contributed by atoms with E-state index in [1.165, 1.54) is 18.5 Å². The average molecular weight is 266 g/mol. The Bertz CT molecular complexity index is 462. The molecule has 1 heterocycles. The van der Waals surface area contributed by atoms with Crippen LogP contribution in [-0.2, 0) is 4.79 Å². The third-order valence-corrected chi connectivity index (χ3v) is 2.64. The fraction of sp³-hybridized carbons (Fsp3) is 0.462. The molecule has 0 aliphatic heterocycles. The number of carboxylic acid groups (broad SMARTS) is 1. The summed E-state index contributed by atoms with van der Waals surface area (Å²) in [7, 11) is 0. The molecule has 0 aromatic carbocycles. The van der Waals surface area contributed by atoms with E-state index in [0.29, 0.717) is 0 Å². The van der Waals surface area contributed by atoms with E-state index in [0.717, 1.165) is 6.42 Å². The van der Waals surface area contributed by atoms with Crippen LogP contribution in [0.5, 0.6) is 5.75 Å². The Morgan fingerprint density at radius 1 is 1.42 bits per heavy atom. The molecule has 0 radical (unpaired) electrons. The van der Waals surface area contributed by atoms with Gasteiger partial charge in [-0.3, -0.25) is 9.78 Å². The summed E-state index contributed by atoms with van der Waals surface area (Å²) in [5.41, 5.74) is 0.0204. The van der Waals surface area contributed by atoms with Gasteiger partial charge in [0.25, 0.3) is 5.91 Å². The van der Waals surface area contributed by atoms with Crippen LogP contribution in [0.25, 0.3) is 0 Å². The van der Waals surface area contributed by atoms with Crippen LogP contribution in [0.15, 0.2) is 18.5 Å². The molecule has 19 heavy (non-hydrogen) atoms. The molecule has 1 rings (SSSR count). The lowest BCUT2D eigenvalue weighted by Crippen LogP contribution is -2.41. The Labute approximate surface area is 111 Å². The quantitative estimate of drug-likeness (QED) is 0.813. The topological polar surface area (TPSA) is 88.5 Å². The van der Waals surface area contributed by atoms with Gasteiger partial charge in [-0.05, 0) is 26.3 Å². The van der Waals surface area contributed by atoms with Crippen LogP contribution in [0.1, 0.15) is 37.6 Å². The zero-order valence-electron chi connectivity index (χ0n) is 11.2. The standard InChI is InChI=1S/C13H18N2O4/c1-4-8(2)15-12(16)9(3)19-11-5-10(13(17)18)6-14-7-11/h5-9H,4H2,1-3H3,(H,15,16)(H,17,18). The molecule has 1 aromatic heterocycles. The lowest BCUT2D eigenvalue weighted by molar-refractivity contribution is -0.127. The molecular weight excluding hydrogens is 248 g/mol. The van der Waals surface area contributed by atoms with Crippen molar-refractivity contribution in [3.8, 4) is 5.75 Å². The van der Waals surface area contributed by atoms with E-state index in [4.69, 9.17) is 9.84 Å². The van der Waals surface area contributed by atoms with Gasteiger partial charge in [0.1, 0.15) is 5.75 Å². The van der Waals surface area contributed by atoms with Gasteiger partial charge in [0, 0.05) is 12.2 Å². The Morgan fingerprint density at radius 2 is 2.11 bits per heavy atom. The number of nitrogens with zero attached hydrogens (tertiary/aromatic N) is 1. The molecule has 2 N–H and O–H groups in total. The van der Waals surface area contributed by atoms with Crippen molar-refractivity contribution >= 4 is 11.9 Å². The molecule has 6 nitrogen and oxygen atoms in total. The van der Waals surface area contributed by atoms with Crippen LogP contribution in [0.2, 0.25) is 0 Å². The van der Waals surface area contributed by atoms with E-state index in [-0.39, 0.29) is 23.3 Å². The molecule has 0 saturated carbocycles. The van der Waals surface area contributed by atoms with Crippen LogP contribution in [0, 0.1) is 0 Å². The smallest absolute Gasteiger partial charge is 0.337 e. The molecule has 1 aromatic rings. The predicted molar refractivity (Wildman–Crippen MR) is 69.2 cm³/mol. The van der Waals surface area contributed by atoms with E-state index in [1.54, 1.807) is 6.92 Å². The van der Waals surface area contributed by atoms with Gasteiger partial charge in [-0.2, -0.15) is 0 Å². The summed E-state index contributed by atoms with van der Waals surface area (Å²) in [5, 5.41) is 11.6. The largest absolute Gasteiger partial charge is 0.479 e. The number of nitrogens with one attached hydrogen (secondary N) is 1. The van der Waals surface area contributed by atoms with Gasteiger partial charge < -0.3 is 15.2 Å². The zero-order chi connectivity index (χ0) is 14.4. The normalized spacial score (nSPS) is 13.4. The van der Waals surface area contributed by atoms with Gasteiger partial charge in [0.2, 0.25) is 0 Å². The number of carbonyl (C=O) groups excluding carboxylic acids is 1. The highest BCUT2D eigenvalue weighted by molar-refractivity contribution is 5.87. The van der Waals surface area contributed by atoms with Crippen LogP contribution in [0.3, 0.4) is 0 Å². The van der Waals surface area contributed by atoms with E-state index in [1.807, 2.05) is 13.8 Å². The van der Waals surface area contributed by atoms with Crippen molar-refractivity contribution in [3.63, 3.8) is 0 Å². The van der Waals surface area contributed by atoms with Gasteiger partial charge >= 0.3 is 5.97 Å². The minimum atomic E-state index is -1.09. The summed E-state index contributed by atoms with van der Waals surface area (Å²) < 4.78 is 5.37. The molecule has 2 unspecified atom stereocenters. The van der Waals surface area contributed by atoms with Gasteiger partial charge in [-0.1, -0.05) is 6.92 Å². The fourth-order valence-electron chi connectivity index (χ4n) is 1.32. The summed E-state index contributed by atoms with van der Waals surface area (Å²) in [5.74, 6) is -1.07. The van der Waals surface area contributed by atoms with Gasteiger partial charge in [-0.25, -0.2) is 4.79 Å². The summed E-state index contributed by atoms with van der Waals surface area (Å²) in [6.07, 6.45) is 2.72. The molecule has 0 fully saturated rings. The first-order valence-corrected chi connectivity index (χ1v) is 6.09. The number of amides is 1. The Kier molecular flexibility index (Phi) is 5.29. The SMILES string of the molecule is CCC(C)NC(=O)C(C)Oc1cncc(C(=O)O)c1. The second-order valence-electron chi connectivity index (χ2n) is 4.29. The third-order valence-electron chi connectivity index (χ3n) is 2.64. The number of hydrogen-bond donors (Lipinski definition) is 2. The highest BCUT2D eigenvalue weighted by Crippen LogP contribution is 2.13. The second-order valence-corrected chi connectivity index (χ2v) is 4.29. The first kappa shape index (κ1) is 14.9. The number of pyridine rings is 1. The van der Waals surface area contributed by atoms with Crippen molar-refractivity contribution < 1.29 is 19.4 Å². The second kappa shape index (κ2) is 6.72. The first-order chi connectivity index (χ1) is 8.93. The van der Waals surface area contributed by atoms with Crippen molar-refractivity contribution in [2.45, 2.75) is 39.3 Å². The maximum atomic E-state index is 11.8. The molecule has 0 spiro atoms. The first-order valence-electron chi connectivity index (χ1n) is 6.09. The van der Waals surface area contributed by atoms with E-state index in [2.05, 4.69) is 10.3 Å². The number of carbonyl (C=O) groups is 2. The lowest BCUT2D eigenvalue weighted by atomic mass is 10.2. The van der Waals surface area contributed by atoms with E-state index < -0.39 is 12.1 Å². The van der Waals surface area contributed by atoms with E-state index >= 15 is 0 Å². The molecule has 0 aliphatic carbocycles.